The molecule has 0 atom stereocenters. The molecule has 1 N–H and O–H groups in total. The van der Waals surface area contributed by atoms with Gasteiger partial charge in [-0.25, -0.2) is 0 Å². The minimum Gasteiger partial charge on any atom is -0.465 e. The third-order valence-electron chi connectivity index (χ3n) is 2.43. The SMILES string of the molecule is O=C(/C=C\c1ccco1)Nc1ccccc1C(F)(F)F. The highest BCUT2D eigenvalue weighted by molar-refractivity contribution is 6.02. The molecule has 0 spiro atoms. The number of benzene rings is 1. The molecule has 1 aromatic carbocycles. The molecule has 0 saturated heterocycles. The first kappa shape index (κ1) is 13.9. The summed E-state index contributed by atoms with van der Waals surface area (Å²) in [5.41, 5.74) is -1.17. The van der Waals surface area contributed by atoms with Crippen LogP contribution in [0.25, 0.3) is 6.08 Å². The summed E-state index contributed by atoms with van der Waals surface area (Å²) >= 11 is 0. The Bertz CT molecular complexity index is 616. The van der Waals surface area contributed by atoms with Gasteiger partial charge in [-0.1, -0.05) is 12.1 Å². The van der Waals surface area contributed by atoms with E-state index in [-0.39, 0.29) is 5.69 Å². The maximum atomic E-state index is 12.7. The third-order valence-corrected chi connectivity index (χ3v) is 2.43. The van der Waals surface area contributed by atoms with Crippen LogP contribution in [0.4, 0.5) is 18.9 Å². The Kier molecular flexibility index (Phi) is 3.93. The Hall–Kier alpha value is -2.50. The number of carbonyl (C=O) groups is 1. The number of hydrogen-bond acceptors (Lipinski definition) is 2. The fourth-order valence-electron chi connectivity index (χ4n) is 1.56. The van der Waals surface area contributed by atoms with Gasteiger partial charge in [-0.05, 0) is 30.3 Å². The summed E-state index contributed by atoms with van der Waals surface area (Å²) in [5.74, 6) is -0.234. The van der Waals surface area contributed by atoms with Gasteiger partial charge in [0.2, 0.25) is 5.91 Å². The highest BCUT2D eigenvalue weighted by atomic mass is 19.4. The van der Waals surface area contributed by atoms with Crippen molar-refractivity contribution in [3.63, 3.8) is 0 Å². The summed E-state index contributed by atoms with van der Waals surface area (Å²) in [6.07, 6.45) is -0.622. The van der Waals surface area contributed by atoms with E-state index < -0.39 is 17.6 Å². The average molecular weight is 281 g/mol. The Morgan fingerprint density at radius 3 is 2.55 bits per heavy atom. The lowest BCUT2D eigenvalue weighted by atomic mass is 10.1. The van der Waals surface area contributed by atoms with Gasteiger partial charge in [0.1, 0.15) is 5.76 Å². The minimum absolute atomic E-state index is 0.283. The van der Waals surface area contributed by atoms with E-state index >= 15 is 0 Å². The van der Waals surface area contributed by atoms with Gasteiger partial charge in [-0.15, -0.1) is 0 Å². The second-order valence-electron chi connectivity index (χ2n) is 3.88. The van der Waals surface area contributed by atoms with Crippen LogP contribution in [0.5, 0.6) is 0 Å². The van der Waals surface area contributed by atoms with E-state index in [1.165, 1.54) is 30.5 Å². The lowest BCUT2D eigenvalue weighted by Crippen LogP contribution is -2.14. The van der Waals surface area contributed by atoms with Crippen LogP contribution in [-0.2, 0) is 11.0 Å². The molecule has 0 aliphatic carbocycles. The van der Waals surface area contributed by atoms with E-state index in [1.807, 2.05) is 0 Å². The number of rotatable bonds is 3. The van der Waals surface area contributed by atoms with E-state index in [2.05, 4.69) is 5.32 Å². The van der Waals surface area contributed by atoms with Gasteiger partial charge in [0, 0.05) is 6.08 Å². The van der Waals surface area contributed by atoms with Crippen molar-refractivity contribution in [2.75, 3.05) is 5.32 Å². The van der Waals surface area contributed by atoms with Gasteiger partial charge in [-0.2, -0.15) is 13.2 Å². The number of amides is 1. The number of furan rings is 1. The molecule has 2 aromatic rings. The van der Waals surface area contributed by atoms with Gasteiger partial charge in [0.15, 0.2) is 0 Å². The molecule has 3 nitrogen and oxygen atoms in total. The van der Waals surface area contributed by atoms with Crippen LogP contribution in [-0.4, -0.2) is 5.91 Å². The molecule has 0 aliphatic heterocycles. The summed E-state index contributed by atoms with van der Waals surface area (Å²) in [6.45, 7) is 0. The van der Waals surface area contributed by atoms with Crippen molar-refractivity contribution >= 4 is 17.7 Å². The van der Waals surface area contributed by atoms with Crippen LogP contribution in [0.1, 0.15) is 11.3 Å². The molecule has 1 aromatic heterocycles. The molecule has 104 valence electrons. The van der Waals surface area contributed by atoms with Crippen molar-refractivity contribution in [1.82, 2.24) is 0 Å². The van der Waals surface area contributed by atoms with E-state index in [9.17, 15) is 18.0 Å². The molecule has 2 rings (SSSR count). The zero-order valence-electron chi connectivity index (χ0n) is 10.1. The number of para-hydroxylation sites is 1. The average Bonchev–Trinajstić information content (AvgIpc) is 2.89. The van der Waals surface area contributed by atoms with E-state index in [4.69, 9.17) is 4.42 Å². The van der Waals surface area contributed by atoms with E-state index in [0.29, 0.717) is 5.76 Å². The van der Waals surface area contributed by atoms with E-state index in [1.54, 1.807) is 12.1 Å². The maximum absolute atomic E-state index is 12.7. The molecule has 20 heavy (non-hydrogen) atoms. The maximum Gasteiger partial charge on any atom is 0.418 e. The number of carbonyl (C=O) groups excluding carboxylic acids is 1. The summed E-state index contributed by atoms with van der Waals surface area (Å²) in [5, 5.41) is 2.19. The van der Waals surface area contributed by atoms with Crippen molar-refractivity contribution < 1.29 is 22.4 Å². The van der Waals surface area contributed by atoms with Crippen LogP contribution >= 0.6 is 0 Å². The summed E-state index contributed by atoms with van der Waals surface area (Å²) in [7, 11) is 0. The monoisotopic (exact) mass is 281 g/mol. The Labute approximate surface area is 112 Å². The lowest BCUT2D eigenvalue weighted by Gasteiger charge is -2.12. The lowest BCUT2D eigenvalue weighted by molar-refractivity contribution is -0.136. The molecule has 0 bridgehead atoms. The molecule has 1 amide bonds. The largest absolute Gasteiger partial charge is 0.465 e. The molecule has 0 fully saturated rings. The highest BCUT2D eigenvalue weighted by Crippen LogP contribution is 2.34. The van der Waals surface area contributed by atoms with Gasteiger partial charge >= 0.3 is 6.18 Å². The van der Waals surface area contributed by atoms with Crippen LogP contribution in [0.15, 0.2) is 53.2 Å². The van der Waals surface area contributed by atoms with Gasteiger partial charge in [-0.3, -0.25) is 4.79 Å². The van der Waals surface area contributed by atoms with Gasteiger partial charge in [0.05, 0.1) is 17.5 Å². The van der Waals surface area contributed by atoms with Crippen molar-refractivity contribution in [3.05, 3.63) is 60.1 Å². The first-order valence-electron chi connectivity index (χ1n) is 5.65. The van der Waals surface area contributed by atoms with Crippen molar-refractivity contribution in [2.45, 2.75) is 6.18 Å². The fourth-order valence-corrected chi connectivity index (χ4v) is 1.56. The van der Waals surface area contributed by atoms with Crippen LogP contribution < -0.4 is 5.32 Å². The van der Waals surface area contributed by atoms with Gasteiger partial charge < -0.3 is 9.73 Å². The Morgan fingerprint density at radius 2 is 1.90 bits per heavy atom. The zero-order valence-corrected chi connectivity index (χ0v) is 10.1. The van der Waals surface area contributed by atoms with E-state index in [0.717, 1.165) is 12.1 Å². The predicted octanol–water partition coefficient (Wildman–Crippen LogP) is 3.95. The number of alkyl halides is 3. The van der Waals surface area contributed by atoms with Crippen LogP contribution in [0, 0.1) is 0 Å². The second-order valence-corrected chi connectivity index (χ2v) is 3.88. The molecular formula is C14H10F3NO2. The number of hydrogen-bond donors (Lipinski definition) is 1. The van der Waals surface area contributed by atoms with Crippen molar-refractivity contribution in [2.24, 2.45) is 0 Å². The van der Waals surface area contributed by atoms with Gasteiger partial charge in [0.25, 0.3) is 0 Å². The topological polar surface area (TPSA) is 42.2 Å². The quantitative estimate of drug-likeness (QED) is 0.865. The molecule has 0 aliphatic rings. The molecule has 0 radical (unpaired) electrons. The number of nitrogens with one attached hydrogen (secondary N) is 1. The van der Waals surface area contributed by atoms with Crippen LogP contribution in [0.2, 0.25) is 0 Å². The molecular weight excluding hydrogens is 271 g/mol. The normalized spacial score (nSPS) is 11.8. The standard InChI is InChI=1S/C14H10F3NO2/c15-14(16,17)11-5-1-2-6-12(11)18-13(19)8-7-10-4-3-9-20-10/h1-9H,(H,18,19)/b8-7-. The highest BCUT2D eigenvalue weighted by Gasteiger charge is 2.33. The molecule has 0 saturated carbocycles. The Morgan fingerprint density at radius 1 is 1.15 bits per heavy atom. The van der Waals surface area contributed by atoms with Crippen molar-refractivity contribution in [1.29, 1.82) is 0 Å². The molecule has 1 heterocycles. The minimum atomic E-state index is -4.52. The number of halogens is 3. The fraction of sp³-hybridized carbons (Fsp3) is 0.0714. The smallest absolute Gasteiger partial charge is 0.418 e. The zero-order chi connectivity index (χ0) is 14.6. The summed E-state index contributed by atoms with van der Waals surface area (Å²) in [6, 6.07) is 8.04. The first-order valence-corrected chi connectivity index (χ1v) is 5.65. The summed E-state index contributed by atoms with van der Waals surface area (Å²) < 4.78 is 43.1. The Balaban J connectivity index is 2.12. The second kappa shape index (κ2) is 5.64. The molecule has 6 heteroatoms. The first-order chi connectivity index (χ1) is 9.47. The van der Waals surface area contributed by atoms with Crippen LogP contribution in [0.3, 0.4) is 0 Å². The summed E-state index contributed by atoms with van der Waals surface area (Å²) in [4.78, 5) is 11.6. The third kappa shape index (κ3) is 3.50. The van der Waals surface area contributed by atoms with Crippen molar-refractivity contribution in [3.8, 4) is 0 Å². The predicted molar refractivity (Wildman–Crippen MR) is 67.8 cm³/mol. The molecule has 0 unspecified atom stereocenters. The number of anilines is 1.